The van der Waals surface area contributed by atoms with E-state index in [0.717, 1.165) is 5.56 Å². The van der Waals surface area contributed by atoms with Crippen molar-refractivity contribution in [1.82, 2.24) is 4.90 Å². The first-order chi connectivity index (χ1) is 8.02. The first-order valence-electron chi connectivity index (χ1n) is 4.87. The number of carbonyl (C=O) groups is 2. The van der Waals surface area contributed by atoms with Crippen molar-refractivity contribution in [3.63, 3.8) is 0 Å². The van der Waals surface area contributed by atoms with Crippen LogP contribution in [0.2, 0.25) is 10.0 Å². The average Bonchev–Trinajstić information content (AvgIpc) is 2.57. The molecule has 1 amide bonds. The molecular formula is C11H9Cl2NO3. The molecular weight excluding hydrogens is 265 g/mol. The molecule has 6 heteroatoms. The topological polar surface area (TPSA) is 46.6 Å². The van der Waals surface area contributed by atoms with Crippen LogP contribution in [0.1, 0.15) is 15.9 Å². The molecule has 1 aliphatic rings. The van der Waals surface area contributed by atoms with E-state index in [4.69, 9.17) is 23.2 Å². The summed E-state index contributed by atoms with van der Waals surface area (Å²) >= 11 is 11.7. The van der Waals surface area contributed by atoms with Crippen LogP contribution in [0.5, 0.6) is 0 Å². The van der Waals surface area contributed by atoms with Crippen molar-refractivity contribution in [2.45, 2.75) is 6.54 Å². The lowest BCUT2D eigenvalue weighted by Gasteiger charge is -2.12. The maximum atomic E-state index is 11.9. The molecule has 0 bridgehead atoms. The van der Waals surface area contributed by atoms with Crippen molar-refractivity contribution in [2.75, 3.05) is 13.7 Å². The van der Waals surface area contributed by atoms with Gasteiger partial charge in [-0.3, -0.25) is 9.59 Å². The Morgan fingerprint density at radius 1 is 1.41 bits per heavy atom. The van der Waals surface area contributed by atoms with Crippen LogP contribution in [0.3, 0.4) is 0 Å². The van der Waals surface area contributed by atoms with Gasteiger partial charge in [0, 0.05) is 12.1 Å². The molecule has 90 valence electrons. The van der Waals surface area contributed by atoms with Crippen LogP contribution in [0.15, 0.2) is 12.1 Å². The molecule has 1 heterocycles. The summed E-state index contributed by atoms with van der Waals surface area (Å²) in [5.41, 5.74) is 1.26. The van der Waals surface area contributed by atoms with Gasteiger partial charge in [0.2, 0.25) is 0 Å². The number of amides is 1. The highest BCUT2D eigenvalue weighted by Gasteiger charge is 2.29. The van der Waals surface area contributed by atoms with Gasteiger partial charge in [-0.05, 0) is 17.7 Å². The fourth-order valence-electron chi connectivity index (χ4n) is 1.71. The zero-order valence-electron chi connectivity index (χ0n) is 9.00. The molecule has 2 rings (SSSR count). The standard InChI is InChI=1S/C11H9Cl2NO3/c1-17-10(15)5-14-4-6-2-8(12)9(13)3-7(6)11(14)16/h2-3H,4-5H2,1H3. The Kier molecular flexibility index (Phi) is 3.26. The van der Waals surface area contributed by atoms with Gasteiger partial charge in [0.05, 0.1) is 17.2 Å². The Morgan fingerprint density at radius 2 is 2.06 bits per heavy atom. The summed E-state index contributed by atoms with van der Waals surface area (Å²) in [5, 5.41) is 0.733. The smallest absolute Gasteiger partial charge is 0.325 e. The highest BCUT2D eigenvalue weighted by atomic mass is 35.5. The van der Waals surface area contributed by atoms with E-state index in [1.54, 1.807) is 6.07 Å². The number of halogens is 2. The lowest BCUT2D eigenvalue weighted by molar-refractivity contribution is -0.141. The third-order valence-corrected chi connectivity index (χ3v) is 3.29. The van der Waals surface area contributed by atoms with Gasteiger partial charge >= 0.3 is 5.97 Å². The van der Waals surface area contributed by atoms with Crippen LogP contribution in [0, 0.1) is 0 Å². The van der Waals surface area contributed by atoms with E-state index in [9.17, 15) is 9.59 Å². The third kappa shape index (κ3) is 2.23. The lowest BCUT2D eigenvalue weighted by atomic mass is 10.1. The number of hydrogen-bond donors (Lipinski definition) is 0. The minimum Gasteiger partial charge on any atom is -0.468 e. The molecule has 1 aliphatic heterocycles. The SMILES string of the molecule is COC(=O)CN1Cc2cc(Cl)c(Cl)cc2C1=O. The van der Waals surface area contributed by atoms with Crippen molar-refractivity contribution in [3.8, 4) is 0 Å². The highest BCUT2D eigenvalue weighted by molar-refractivity contribution is 6.42. The molecule has 0 aliphatic carbocycles. The first kappa shape index (κ1) is 12.2. The molecule has 17 heavy (non-hydrogen) atoms. The van der Waals surface area contributed by atoms with Crippen molar-refractivity contribution in [1.29, 1.82) is 0 Å². The Balaban J connectivity index is 2.27. The van der Waals surface area contributed by atoms with Gasteiger partial charge in [-0.1, -0.05) is 23.2 Å². The second-order valence-corrected chi connectivity index (χ2v) is 4.48. The average molecular weight is 274 g/mol. The minimum atomic E-state index is -0.455. The number of fused-ring (bicyclic) bond motifs is 1. The molecule has 0 spiro atoms. The molecule has 4 nitrogen and oxygen atoms in total. The summed E-state index contributed by atoms with van der Waals surface area (Å²) in [6.07, 6.45) is 0. The predicted octanol–water partition coefficient (Wildman–Crippen LogP) is 2.12. The van der Waals surface area contributed by atoms with E-state index in [1.165, 1.54) is 18.1 Å². The van der Waals surface area contributed by atoms with Crippen LogP contribution in [0.25, 0.3) is 0 Å². The van der Waals surface area contributed by atoms with E-state index in [1.807, 2.05) is 0 Å². The van der Waals surface area contributed by atoms with Crippen molar-refractivity contribution in [2.24, 2.45) is 0 Å². The molecule has 0 unspecified atom stereocenters. The van der Waals surface area contributed by atoms with Gasteiger partial charge < -0.3 is 9.64 Å². The molecule has 0 N–H and O–H groups in total. The van der Waals surface area contributed by atoms with E-state index in [0.29, 0.717) is 22.2 Å². The number of benzene rings is 1. The lowest BCUT2D eigenvalue weighted by Crippen LogP contribution is -2.30. The Labute approximate surface area is 108 Å². The number of esters is 1. The van der Waals surface area contributed by atoms with Crippen LogP contribution < -0.4 is 0 Å². The molecule has 0 saturated heterocycles. The van der Waals surface area contributed by atoms with E-state index in [2.05, 4.69) is 4.74 Å². The number of hydrogen-bond acceptors (Lipinski definition) is 3. The normalized spacial score (nSPS) is 13.8. The quantitative estimate of drug-likeness (QED) is 0.776. The second kappa shape index (κ2) is 4.55. The summed E-state index contributed by atoms with van der Waals surface area (Å²) < 4.78 is 4.52. The van der Waals surface area contributed by atoms with Crippen molar-refractivity contribution >= 4 is 35.1 Å². The van der Waals surface area contributed by atoms with E-state index >= 15 is 0 Å². The molecule has 1 aromatic carbocycles. The minimum absolute atomic E-state index is 0.0702. The summed E-state index contributed by atoms with van der Waals surface area (Å²) in [4.78, 5) is 24.5. The largest absolute Gasteiger partial charge is 0.468 e. The molecule has 1 aromatic rings. The van der Waals surface area contributed by atoms with Gasteiger partial charge in [-0.2, -0.15) is 0 Å². The summed E-state index contributed by atoms with van der Waals surface area (Å²) in [6, 6.07) is 3.17. The molecule has 0 saturated carbocycles. The van der Waals surface area contributed by atoms with Gasteiger partial charge in [0.15, 0.2) is 0 Å². The molecule has 0 radical (unpaired) electrons. The molecule has 0 atom stereocenters. The van der Waals surface area contributed by atoms with Crippen LogP contribution in [-0.4, -0.2) is 30.4 Å². The van der Waals surface area contributed by atoms with Gasteiger partial charge in [0.25, 0.3) is 5.91 Å². The van der Waals surface area contributed by atoms with E-state index in [-0.39, 0.29) is 12.5 Å². The molecule has 0 fully saturated rings. The number of methoxy groups -OCH3 is 1. The van der Waals surface area contributed by atoms with Crippen LogP contribution in [-0.2, 0) is 16.1 Å². The van der Waals surface area contributed by atoms with Crippen molar-refractivity contribution < 1.29 is 14.3 Å². The third-order valence-electron chi connectivity index (χ3n) is 2.57. The fraction of sp³-hybridized carbons (Fsp3) is 0.273. The van der Waals surface area contributed by atoms with Gasteiger partial charge in [-0.15, -0.1) is 0 Å². The summed E-state index contributed by atoms with van der Waals surface area (Å²) in [5.74, 6) is -0.688. The maximum absolute atomic E-state index is 11.9. The van der Waals surface area contributed by atoms with E-state index < -0.39 is 5.97 Å². The zero-order chi connectivity index (χ0) is 12.6. The molecule has 0 aromatic heterocycles. The Hall–Kier alpha value is -1.26. The zero-order valence-corrected chi connectivity index (χ0v) is 10.5. The predicted molar refractivity (Wildman–Crippen MR) is 63.2 cm³/mol. The highest BCUT2D eigenvalue weighted by Crippen LogP contribution is 2.31. The van der Waals surface area contributed by atoms with Crippen LogP contribution in [0.4, 0.5) is 0 Å². The maximum Gasteiger partial charge on any atom is 0.325 e. The number of ether oxygens (including phenoxy) is 1. The van der Waals surface area contributed by atoms with Crippen LogP contribution >= 0.6 is 23.2 Å². The number of carbonyl (C=O) groups excluding carboxylic acids is 2. The van der Waals surface area contributed by atoms with Gasteiger partial charge in [0.1, 0.15) is 6.54 Å². The fourth-order valence-corrected chi connectivity index (χ4v) is 2.06. The Morgan fingerprint density at radius 3 is 2.71 bits per heavy atom. The van der Waals surface area contributed by atoms with Gasteiger partial charge in [-0.25, -0.2) is 0 Å². The first-order valence-corrected chi connectivity index (χ1v) is 5.62. The summed E-state index contributed by atoms with van der Waals surface area (Å²) in [6.45, 7) is 0.277. The summed E-state index contributed by atoms with van der Waals surface area (Å²) in [7, 11) is 1.28. The van der Waals surface area contributed by atoms with Crippen molar-refractivity contribution in [3.05, 3.63) is 33.3 Å². The number of rotatable bonds is 2. The monoisotopic (exact) mass is 273 g/mol. The Bertz CT molecular complexity index is 502. The second-order valence-electron chi connectivity index (χ2n) is 3.66. The number of nitrogens with zero attached hydrogens (tertiary/aromatic N) is 1.